The zero-order valence-corrected chi connectivity index (χ0v) is 16.5. The molecule has 0 bridgehead atoms. The third kappa shape index (κ3) is 5.67. The average molecular weight is 382 g/mol. The molecule has 146 valence electrons. The molecule has 0 saturated carbocycles. The molecule has 3 rings (SSSR count). The number of piperazine rings is 1. The molecule has 2 fully saturated rings. The summed E-state index contributed by atoms with van der Waals surface area (Å²) in [6.45, 7) is 7.82. The van der Waals surface area contributed by atoms with E-state index in [-0.39, 0.29) is 17.7 Å². The van der Waals surface area contributed by atoms with Crippen LogP contribution in [0.3, 0.4) is 0 Å². The first-order valence-corrected chi connectivity index (χ1v) is 11.3. The molecule has 6 nitrogen and oxygen atoms in total. The lowest BCUT2D eigenvalue weighted by molar-refractivity contribution is 0.0723. The van der Waals surface area contributed by atoms with Crippen LogP contribution in [0.4, 0.5) is 5.69 Å². The van der Waals surface area contributed by atoms with Gasteiger partial charge >= 0.3 is 0 Å². The number of nitrogens with zero attached hydrogens (tertiary/aromatic N) is 2. The van der Waals surface area contributed by atoms with Gasteiger partial charge in [0.1, 0.15) is 0 Å². The molecule has 1 N–H and O–H groups in total. The lowest BCUT2D eigenvalue weighted by Gasteiger charge is -2.39. The zero-order valence-electron chi connectivity index (χ0n) is 15.6. The Balaban J connectivity index is 1.41. The van der Waals surface area contributed by atoms with Gasteiger partial charge in [-0.05, 0) is 37.8 Å². The van der Waals surface area contributed by atoms with Gasteiger partial charge < -0.3 is 9.64 Å². The van der Waals surface area contributed by atoms with Crippen LogP contribution in [0.25, 0.3) is 0 Å². The molecule has 1 aromatic carbocycles. The maximum atomic E-state index is 12.3. The van der Waals surface area contributed by atoms with Gasteiger partial charge in [-0.25, -0.2) is 13.1 Å². The van der Waals surface area contributed by atoms with Gasteiger partial charge in [-0.15, -0.1) is 0 Å². The molecular formula is C19H31N3O3S. The van der Waals surface area contributed by atoms with Gasteiger partial charge in [-0.3, -0.25) is 4.90 Å². The average Bonchev–Trinajstić information content (AvgIpc) is 2.67. The molecule has 2 heterocycles. The van der Waals surface area contributed by atoms with Crippen LogP contribution in [0.15, 0.2) is 30.3 Å². The minimum atomic E-state index is -3.21. The van der Waals surface area contributed by atoms with Crippen LogP contribution in [0.2, 0.25) is 0 Å². The number of hydrogen-bond acceptors (Lipinski definition) is 5. The fourth-order valence-electron chi connectivity index (χ4n) is 3.72. The predicted molar refractivity (Wildman–Crippen MR) is 105 cm³/mol. The van der Waals surface area contributed by atoms with E-state index in [9.17, 15) is 8.42 Å². The number of sulfonamides is 1. The van der Waals surface area contributed by atoms with Crippen LogP contribution in [-0.4, -0.2) is 71.0 Å². The summed E-state index contributed by atoms with van der Waals surface area (Å²) in [5, 5.41) is 0. The fourth-order valence-corrected chi connectivity index (χ4v) is 5.29. The Bertz CT molecular complexity index is 639. The maximum Gasteiger partial charge on any atom is 0.211 e. The first kappa shape index (κ1) is 19.6. The number of para-hydroxylation sites is 1. The highest BCUT2D eigenvalue weighted by Crippen LogP contribution is 2.18. The molecule has 7 heteroatoms. The molecule has 26 heavy (non-hydrogen) atoms. The van der Waals surface area contributed by atoms with Crippen molar-refractivity contribution in [3.05, 3.63) is 30.3 Å². The molecule has 0 amide bonds. The summed E-state index contributed by atoms with van der Waals surface area (Å²) >= 11 is 0. The quantitative estimate of drug-likeness (QED) is 0.776. The van der Waals surface area contributed by atoms with Crippen molar-refractivity contribution in [1.29, 1.82) is 0 Å². The standard InChI is InChI=1S/C19H31N3O3S/c1-17(15-20-26(23,24)16-18-7-13-25-14-8-18)21-9-11-22(12-10-21)19-5-3-2-4-6-19/h2-6,17-18,20H,7-16H2,1H3/t17-/m0/s1. The monoisotopic (exact) mass is 381 g/mol. The second kappa shape index (κ2) is 9.17. The van der Waals surface area contributed by atoms with E-state index in [1.165, 1.54) is 5.69 Å². The van der Waals surface area contributed by atoms with E-state index in [0.29, 0.717) is 19.8 Å². The van der Waals surface area contributed by atoms with E-state index in [1.807, 2.05) is 6.07 Å². The third-order valence-corrected chi connectivity index (χ3v) is 6.97. The highest BCUT2D eigenvalue weighted by Gasteiger charge is 2.25. The Morgan fingerprint density at radius 3 is 2.42 bits per heavy atom. The zero-order chi connectivity index (χ0) is 18.4. The Hall–Kier alpha value is -1.15. The normalized spacial score (nSPS) is 21.7. The molecule has 0 aromatic heterocycles. The van der Waals surface area contributed by atoms with Crippen molar-refractivity contribution in [3.8, 4) is 0 Å². The van der Waals surface area contributed by atoms with Gasteiger partial charge in [0.05, 0.1) is 5.75 Å². The van der Waals surface area contributed by atoms with Crippen molar-refractivity contribution >= 4 is 15.7 Å². The van der Waals surface area contributed by atoms with Crippen molar-refractivity contribution in [2.24, 2.45) is 5.92 Å². The summed E-state index contributed by atoms with van der Waals surface area (Å²) in [5.74, 6) is 0.455. The highest BCUT2D eigenvalue weighted by atomic mass is 32.2. The summed E-state index contributed by atoms with van der Waals surface area (Å²) in [7, 11) is -3.21. The number of rotatable bonds is 7. The molecule has 0 unspecified atom stereocenters. The number of hydrogen-bond donors (Lipinski definition) is 1. The van der Waals surface area contributed by atoms with Gasteiger partial charge in [0.2, 0.25) is 10.0 Å². The molecule has 2 aliphatic rings. The summed E-state index contributed by atoms with van der Waals surface area (Å²) in [4.78, 5) is 4.76. The highest BCUT2D eigenvalue weighted by molar-refractivity contribution is 7.89. The molecular weight excluding hydrogens is 350 g/mol. The molecule has 2 saturated heterocycles. The maximum absolute atomic E-state index is 12.3. The van der Waals surface area contributed by atoms with E-state index in [0.717, 1.165) is 39.0 Å². The minimum Gasteiger partial charge on any atom is -0.381 e. The van der Waals surface area contributed by atoms with Crippen LogP contribution in [-0.2, 0) is 14.8 Å². The Kier molecular flexibility index (Phi) is 6.92. The first-order chi connectivity index (χ1) is 12.5. The topological polar surface area (TPSA) is 61.9 Å². The first-order valence-electron chi connectivity index (χ1n) is 9.62. The Morgan fingerprint density at radius 1 is 1.12 bits per heavy atom. The molecule has 1 atom stereocenters. The van der Waals surface area contributed by atoms with Crippen LogP contribution < -0.4 is 9.62 Å². The van der Waals surface area contributed by atoms with Crippen molar-refractivity contribution < 1.29 is 13.2 Å². The summed E-state index contributed by atoms with van der Waals surface area (Å²) in [6.07, 6.45) is 1.69. The van der Waals surface area contributed by atoms with Crippen LogP contribution in [0.5, 0.6) is 0 Å². The minimum absolute atomic E-state index is 0.206. The largest absolute Gasteiger partial charge is 0.381 e. The summed E-state index contributed by atoms with van der Waals surface area (Å²) < 4.78 is 32.8. The molecule has 0 radical (unpaired) electrons. The van der Waals surface area contributed by atoms with Crippen molar-refractivity contribution in [3.63, 3.8) is 0 Å². The van der Waals surface area contributed by atoms with Gasteiger partial charge in [0.25, 0.3) is 0 Å². The number of anilines is 1. The number of ether oxygens (including phenoxy) is 1. The molecule has 0 aliphatic carbocycles. The van der Waals surface area contributed by atoms with Gasteiger partial charge in [0.15, 0.2) is 0 Å². The van der Waals surface area contributed by atoms with E-state index >= 15 is 0 Å². The lowest BCUT2D eigenvalue weighted by Crippen LogP contribution is -2.52. The predicted octanol–water partition coefficient (Wildman–Crippen LogP) is 1.54. The van der Waals surface area contributed by atoms with Gasteiger partial charge in [0, 0.05) is 57.7 Å². The van der Waals surface area contributed by atoms with Gasteiger partial charge in [-0.1, -0.05) is 18.2 Å². The molecule has 0 spiro atoms. The molecule has 1 aromatic rings. The van der Waals surface area contributed by atoms with E-state index in [4.69, 9.17) is 4.74 Å². The van der Waals surface area contributed by atoms with Crippen LogP contribution in [0.1, 0.15) is 19.8 Å². The second-order valence-corrected chi connectivity index (χ2v) is 9.24. The number of nitrogens with one attached hydrogen (secondary N) is 1. The van der Waals surface area contributed by atoms with Gasteiger partial charge in [-0.2, -0.15) is 0 Å². The van der Waals surface area contributed by atoms with E-state index in [2.05, 4.69) is 45.7 Å². The fraction of sp³-hybridized carbons (Fsp3) is 0.684. The van der Waals surface area contributed by atoms with E-state index in [1.54, 1.807) is 0 Å². The smallest absolute Gasteiger partial charge is 0.211 e. The van der Waals surface area contributed by atoms with Crippen LogP contribution in [0, 0.1) is 5.92 Å². The SMILES string of the molecule is C[C@@H](CNS(=O)(=O)CC1CCOCC1)N1CCN(c2ccccc2)CC1. The number of benzene rings is 1. The lowest BCUT2D eigenvalue weighted by atomic mass is 10.0. The van der Waals surface area contributed by atoms with Crippen molar-refractivity contribution in [1.82, 2.24) is 9.62 Å². The van der Waals surface area contributed by atoms with E-state index < -0.39 is 10.0 Å². The summed E-state index contributed by atoms with van der Waals surface area (Å²) in [6, 6.07) is 10.7. The van der Waals surface area contributed by atoms with Crippen molar-refractivity contribution in [2.45, 2.75) is 25.8 Å². The second-order valence-electron chi connectivity index (χ2n) is 7.39. The van der Waals surface area contributed by atoms with Crippen LogP contribution >= 0.6 is 0 Å². The third-order valence-electron chi connectivity index (χ3n) is 5.45. The Morgan fingerprint density at radius 2 is 1.77 bits per heavy atom. The Labute approximate surface area is 157 Å². The molecule has 2 aliphatic heterocycles. The van der Waals surface area contributed by atoms with Crippen molar-refractivity contribution in [2.75, 3.05) is 56.6 Å². The summed E-state index contributed by atoms with van der Waals surface area (Å²) in [5.41, 5.74) is 1.26.